The zero-order valence-corrected chi connectivity index (χ0v) is 13.5. The average Bonchev–Trinajstić information content (AvgIpc) is 2.78. The Morgan fingerprint density at radius 1 is 1.50 bits per heavy atom. The predicted octanol–water partition coefficient (Wildman–Crippen LogP) is 3.48. The normalized spacial score (nSPS) is 11.5. The number of rotatable bonds is 3. The van der Waals surface area contributed by atoms with E-state index in [1.54, 1.807) is 30.7 Å². The van der Waals surface area contributed by atoms with Gasteiger partial charge in [-0.05, 0) is 13.0 Å². The molecule has 1 aromatic heterocycles. The van der Waals surface area contributed by atoms with Crippen LogP contribution >= 0.6 is 23.2 Å². The third-order valence-electron chi connectivity index (χ3n) is 3.27. The number of carbonyl (C=O) groups is 1. The number of hydrogen-bond acceptors (Lipinski definition) is 4. The molecule has 0 unspecified atom stereocenters. The third-order valence-corrected chi connectivity index (χ3v) is 4.07. The lowest BCUT2D eigenvalue weighted by Gasteiger charge is -2.06. The van der Waals surface area contributed by atoms with E-state index in [2.05, 4.69) is 0 Å². The van der Waals surface area contributed by atoms with Crippen molar-refractivity contribution in [1.29, 1.82) is 5.26 Å². The van der Waals surface area contributed by atoms with Crippen LogP contribution < -0.4 is 5.73 Å². The van der Waals surface area contributed by atoms with E-state index < -0.39 is 5.97 Å². The molecule has 0 saturated heterocycles. The summed E-state index contributed by atoms with van der Waals surface area (Å²) in [6.07, 6.45) is 1.15. The summed E-state index contributed by atoms with van der Waals surface area (Å²) in [7, 11) is 1.66. The van der Waals surface area contributed by atoms with Gasteiger partial charge in [0.1, 0.15) is 11.8 Å². The van der Waals surface area contributed by atoms with Crippen LogP contribution in [0.25, 0.3) is 16.5 Å². The number of halogens is 2. The molecule has 1 heterocycles. The lowest BCUT2D eigenvalue weighted by atomic mass is 10.0. The Balaban J connectivity index is 2.96. The number of esters is 1. The zero-order chi connectivity index (χ0) is 16.4. The summed E-state index contributed by atoms with van der Waals surface area (Å²) in [6, 6.07) is 5.29. The summed E-state index contributed by atoms with van der Waals surface area (Å²) in [4.78, 5) is 12.3. The van der Waals surface area contributed by atoms with Crippen LogP contribution in [0.15, 0.2) is 18.3 Å². The molecule has 114 valence electrons. The number of aromatic nitrogens is 1. The van der Waals surface area contributed by atoms with Crippen LogP contribution in [0.1, 0.15) is 23.0 Å². The molecule has 0 saturated carbocycles. The largest absolute Gasteiger partial charge is 0.461 e. The molecule has 0 atom stereocenters. The van der Waals surface area contributed by atoms with Gasteiger partial charge in [0.25, 0.3) is 0 Å². The monoisotopic (exact) mass is 337 g/mol. The summed E-state index contributed by atoms with van der Waals surface area (Å²) in [5.74, 6) is -0.557. The highest BCUT2D eigenvalue weighted by Crippen LogP contribution is 2.38. The van der Waals surface area contributed by atoms with Crippen LogP contribution in [-0.2, 0) is 11.8 Å². The fraction of sp³-hybridized carbons (Fsp3) is 0.200. The standard InChI is InChI=1S/C15H13Cl2N3O2/c1-3-22-15(21)14-11(8(6-18)7-19)9-4-5-10(16)12(17)13(9)20(14)2/h4-6H,3,18H2,1-2H3. The second-order valence-corrected chi connectivity index (χ2v) is 5.24. The Hall–Kier alpha value is -2.16. The van der Waals surface area contributed by atoms with Gasteiger partial charge in [-0.25, -0.2) is 4.79 Å². The molecule has 2 aromatic rings. The Kier molecular flexibility index (Phi) is 4.65. The van der Waals surface area contributed by atoms with Crippen LogP contribution in [0.2, 0.25) is 10.0 Å². The first-order valence-electron chi connectivity index (χ1n) is 6.43. The van der Waals surface area contributed by atoms with Gasteiger partial charge in [-0.3, -0.25) is 0 Å². The van der Waals surface area contributed by atoms with Gasteiger partial charge in [-0.2, -0.15) is 5.26 Å². The van der Waals surface area contributed by atoms with Crippen LogP contribution in [0.3, 0.4) is 0 Å². The second-order valence-electron chi connectivity index (χ2n) is 4.45. The molecule has 7 heteroatoms. The van der Waals surface area contributed by atoms with Crippen molar-refractivity contribution in [3.63, 3.8) is 0 Å². The van der Waals surface area contributed by atoms with Crippen molar-refractivity contribution >= 4 is 45.6 Å². The lowest BCUT2D eigenvalue weighted by molar-refractivity contribution is 0.0515. The molecule has 2 N–H and O–H groups in total. The number of fused-ring (bicyclic) bond motifs is 1. The minimum atomic E-state index is -0.557. The number of hydrogen-bond donors (Lipinski definition) is 1. The maximum atomic E-state index is 12.3. The molecule has 0 aliphatic rings. The summed E-state index contributed by atoms with van der Waals surface area (Å²) in [5.41, 5.74) is 6.82. The number of nitriles is 1. The van der Waals surface area contributed by atoms with Gasteiger partial charge in [-0.1, -0.05) is 29.3 Å². The highest BCUT2D eigenvalue weighted by Gasteiger charge is 2.26. The topological polar surface area (TPSA) is 81.0 Å². The summed E-state index contributed by atoms with van der Waals surface area (Å²) in [6.45, 7) is 1.91. The Labute approximate surface area is 137 Å². The lowest BCUT2D eigenvalue weighted by Crippen LogP contribution is -2.12. The van der Waals surface area contributed by atoms with Crippen LogP contribution in [0.5, 0.6) is 0 Å². The third kappa shape index (κ3) is 2.41. The van der Waals surface area contributed by atoms with Crippen molar-refractivity contribution in [2.24, 2.45) is 12.8 Å². The van der Waals surface area contributed by atoms with E-state index in [-0.39, 0.29) is 17.9 Å². The number of aryl methyl sites for hydroxylation is 1. The highest BCUT2D eigenvalue weighted by atomic mass is 35.5. The van der Waals surface area contributed by atoms with E-state index in [4.69, 9.17) is 33.7 Å². The van der Waals surface area contributed by atoms with E-state index in [0.29, 0.717) is 26.5 Å². The number of allylic oxidation sites excluding steroid dienone is 1. The van der Waals surface area contributed by atoms with E-state index in [9.17, 15) is 10.1 Å². The first-order chi connectivity index (χ1) is 10.5. The van der Waals surface area contributed by atoms with Crippen molar-refractivity contribution in [1.82, 2.24) is 4.57 Å². The number of ether oxygens (including phenoxy) is 1. The van der Waals surface area contributed by atoms with Crippen molar-refractivity contribution in [3.05, 3.63) is 39.6 Å². The molecule has 0 aliphatic heterocycles. The Bertz CT molecular complexity index is 832. The molecule has 0 bridgehead atoms. The molecule has 22 heavy (non-hydrogen) atoms. The van der Waals surface area contributed by atoms with Crippen molar-refractivity contribution < 1.29 is 9.53 Å². The first-order valence-corrected chi connectivity index (χ1v) is 7.19. The molecule has 0 amide bonds. The zero-order valence-electron chi connectivity index (χ0n) is 12.0. The van der Waals surface area contributed by atoms with Crippen LogP contribution in [-0.4, -0.2) is 17.1 Å². The Morgan fingerprint density at radius 3 is 2.73 bits per heavy atom. The van der Waals surface area contributed by atoms with Crippen molar-refractivity contribution in [2.45, 2.75) is 6.92 Å². The molecule has 0 aliphatic carbocycles. The molecule has 2 rings (SSSR count). The molecular formula is C15H13Cl2N3O2. The smallest absolute Gasteiger partial charge is 0.355 e. The fourth-order valence-electron chi connectivity index (χ4n) is 2.36. The fourth-order valence-corrected chi connectivity index (χ4v) is 2.81. The van der Waals surface area contributed by atoms with Crippen molar-refractivity contribution in [2.75, 3.05) is 6.61 Å². The maximum Gasteiger partial charge on any atom is 0.355 e. The molecular weight excluding hydrogens is 325 g/mol. The average molecular weight is 338 g/mol. The van der Waals surface area contributed by atoms with Gasteiger partial charge in [0.15, 0.2) is 0 Å². The second kappa shape index (κ2) is 6.30. The summed E-state index contributed by atoms with van der Waals surface area (Å²) in [5, 5.41) is 10.6. The van der Waals surface area contributed by atoms with Gasteiger partial charge >= 0.3 is 5.97 Å². The molecule has 0 fully saturated rings. The number of benzene rings is 1. The van der Waals surface area contributed by atoms with E-state index in [0.717, 1.165) is 6.20 Å². The van der Waals surface area contributed by atoms with Gasteiger partial charge < -0.3 is 15.0 Å². The number of carbonyl (C=O) groups excluding carboxylic acids is 1. The molecule has 0 radical (unpaired) electrons. The minimum absolute atomic E-state index is 0.159. The predicted molar refractivity (Wildman–Crippen MR) is 86.7 cm³/mol. The van der Waals surface area contributed by atoms with Gasteiger partial charge in [0, 0.05) is 24.2 Å². The van der Waals surface area contributed by atoms with Crippen LogP contribution in [0.4, 0.5) is 0 Å². The van der Waals surface area contributed by atoms with E-state index >= 15 is 0 Å². The van der Waals surface area contributed by atoms with Crippen molar-refractivity contribution in [3.8, 4) is 6.07 Å². The van der Waals surface area contributed by atoms with E-state index in [1.807, 2.05) is 6.07 Å². The van der Waals surface area contributed by atoms with E-state index in [1.165, 1.54) is 0 Å². The van der Waals surface area contributed by atoms with Crippen LogP contribution in [0, 0.1) is 11.3 Å². The van der Waals surface area contributed by atoms with Gasteiger partial charge in [0.05, 0.1) is 27.7 Å². The highest BCUT2D eigenvalue weighted by molar-refractivity contribution is 6.45. The summed E-state index contributed by atoms with van der Waals surface area (Å²) < 4.78 is 6.64. The quantitative estimate of drug-likeness (QED) is 0.686. The SMILES string of the molecule is CCOC(=O)c1c(C(C#N)=CN)c2ccc(Cl)c(Cl)c2n1C. The summed E-state index contributed by atoms with van der Waals surface area (Å²) >= 11 is 12.3. The van der Waals surface area contributed by atoms with Gasteiger partial charge in [0.2, 0.25) is 0 Å². The minimum Gasteiger partial charge on any atom is -0.461 e. The maximum absolute atomic E-state index is 12.3. The first kappa shape index (κ1) is 16.2. The molecule has 5 nitrogen and oxygen atoms in total. The number of nitrogens with zero attached hydrogens (tertiary/aromatic N) is 2. The number of nitrogens with two attached hydrogens (primary N) is 1. The molecule has 1 aromatic carbocycles. The molecule has 0 spiro atoms. The Morgan fingerprint density at radius 2 is 2.18 bits per heavy atom. The van der Waals surface area contributed by atoms with Gasteiger partial charge in [-0.15, -0.1) is 0 Å².